The molecule has 3 aliphatic heterocycles. The molecule has 12 rings (SSSR count). The van der Waals surface area contributed by atoms with E-state index in [2.05, 4.69) is 90.7 Å². The fourth-order valence-electron chi connectivity index (χ4n) is 9.00. The van der Waals surface area contributed by atoms with Gasteiger partial charge in [-0.15, -0.1) is 0 Å². The number of anilines is 3. The molecular weight excluding hydrogens is 1040 g/mol. The molecule has 3 aliphatic rings. The van der Waals surface area contributed by atoms with Crippen LogP contribution in [-0.2, 0) is 4.74 Å². The summed E-state index contributed by atoms with van der Waals surface area (Å²) in [6, 6.07) is 18.6. The number of hydrogen-bond acceptors (Lipinski definition) is 14. The number of pyridine rings is 3. The molecule has 0 radical (unpaired) electrons. The van der Waals surface area contributed by atoms with E-state index in [9.17, 15) is 0 Å². The van der Waals surface area contributed by atoms with E-state index >= 15 is 0 Å². The Morgan fingerprint density at radius 2 is 0.655 bits per heavy atom. The SMILES string of the molecule is CC.CC.CC.CC.CC.CC.CC.CC.CC.Cc1nc2cnccn2c1-c1cccc(N2CCCCC2)n1.Cc1nc2cnccn2c1-c1cccc(N2CCNCC2)n1.Cc1nc2cnccn2c1-c1cccc(N2CCOCC2)n1. The Morgan fingerprint density at radius 1 is 0.357 bits per heavy atom. The van der Waals surface area contributed by atoms with Crippen LogP contribution in [0.25, 0.3) is 51.1 Å². The maximum Gasteiger partial charge on any atom is 0.156 e. The zero-order chi connectivity index (χ0) is 62.8. The monoisotopic (exact) mass is 1150 g/mol. The van der Waals surface area contributed by atoms with Crippen LogP contribution in [-0.4, -0.2) is 124 Å². The van der Waals surface area contributed by atoms with Gasteiger partial charge in [-0.25, -0.2) is 29.9 Å². The third kappa shape index (κ3) is 20.8. The van der Waals surface area contributed by atoms with Gasteiger partial charge in [0.15, 0.2) is 16.9 Å². The summed E-state index contributed by atoms with van der Waals surface area (Å²) >= 11 is 0. The van der Waals surface area contributed by atoms with E-state index in [0.717, 1.165) is 151 Å². The number of morpholine rings is 1. The first kappa shape index (κ1) is 74.6. The molecule has 9 aromatic rings. The second-order valence-corrected chi connectivity index (χ2v) is 16.6. The Bertz CT molecular complexity index is 2750. The van der Waals surface area contributed by atoms with Crippen LogP contribution in [0.1, 0.15) is 161 Å². The molecule has 462 valence electrons. The average Bonchev–Trinajstić information content (AvgIpc) is 4.29. The lowest BCUT2D eigenvalue weighted by atomic mass is 10.1. The van der Waals surface area contributed by atoms with E-state index in [1.165, 1.54) is 19.3 Å². The topological polar surface area (TPSA) is 160 Å². The molecule has 0 saturated carbocycles. The van der Waals surface area contributed by atoms with Gasteiger partial charge in [0, 0.05) is 89.5 Å². The number of nitrogens with one attached hydrogen (secondary N) is 1. The van der Waals surface area contributed by atoms with E-state index in [1.807, 2.05) is 191 Å². The number of nitrogens with zero attached hydrogens (tertiary/aromatic N) is 15. The summed E-state index contributed by atoms with van der Waals surface area (Å²) in [6.07, 6.45) is 20.3. The highest BCUT2D eigenvalue weighted by Gasteiger charge is 2.19. The van der Waals surface area contributed by atoms with Crippen molar-refractivity contribution in [1.82, 2.24) is 63.4 Å². The van der Waals surface area contributed by atoms with Crippen molar-refractivity contribution in [2.75, 3.05) is 80.3 Å². The summed E-state index contributed by atoms with van der Waals surface area (Å²) in [5.41, 5.74) is 11.4. The number of aromatic nitrogens is 12. The number of ether oxygens (including phenoxy) is 1. The minimum absolute atomic E-state index is 0.756. The van der Waals surface area contributed by atoms with Gasteiger partial charge in [0.05, 0.1) is 83.0 Å². The maximum atomic E-state index is 5.41. The normalized spacial score (nSPS) is 12.8. The predicted octanol–water partition coefficient (Wildman–Crippen LogP) is 15.8. The van der Waals surface area contributed by atoms with Crippen LogP contribution in [0.15, 0.2) is 110 Å². The van der Waals surface area contributed by atoms with Crippen LogP contribution in [0.5, 0.6) is 0 Å². The Hall–Kier alpha value is -7.37. The van der Waals surface area contributed by atoms with E-state index in [4.69, 9.17) is 19.7 Å². The van der Waals surface area contributed by atoms with Gasteiger partial charge in [0.1, 0.15) is 17.5 Å². The molecule has 9 aromatic heterocycles. The fraction of sp³-hybridized carbons (Fsp3) is 0.507. The van der Waals surface area contributed by atoms with Crippen molar-refractivity contribution >= 4 is 34.4 Å². The molecule has 17 nitrogen and oxygen atoms in total. The number of fused-ring (bicyclic) bond motifs is 3. The van der Waals surface area contributed by atoms with Crippen LogP contribution in [0.3, 0.4) is 0 Å². The van der Waals surface area contributed by atoms with Gasteiger partial charge in [-0.1, -0.05) is 143 Å². The quantitative estimate of drug-likeness (QED) is 0.167. The fourth-order valence-corrected chi connectivity index (χ4v) is 9.00. The average molecular weight is 1150 g/mol. The minimum atomic E-state index is 0.756. The van der Waals surface area contributed by atoms with Crippen molar-refractivity contribution in [3.8, 4) is 34.2 Å². The van der Waals surface area contributed by atoms with Crippen molar-refractivity contribution in [1.29, 1.82) is 0 Å². The summed E-state index contributed by atoms with van der Waals surface area (Å²) in [7, 11) is 0. The first-order valence-electron chi connectivity index (χ1n) is 31.8. The standard InChI is InChI=1S/C17H19N5.C16H18N6.C16H17N5O.9C2H6/c1-13-17(22-11-8-18-12-16(22)19-13)14-6-5-7-15(20-14)21-9-3-2-4-10-21;1-12-16(22-10-7-18-11-15(22)19-12)13-3-2-4-14(20-13)21-8-5-17-6-9-21;1-12-16(21-6-5-17-11-15(21)18-12)13-3-2-4-14(19-13)20-7-9-22-10-8-20;9*1-2/h5-8,11-12H,2-4,9-10H2,1H3;2-4,7,10-11,17H,5-6,8-9H2,1H3;2-6,11H,7-10H2,1H3;9*1-2H3. The van der Waals surface area contributed by atoms with Gasteiger partial charge >= 0.3 is 0 Å². The van der Waals surface area contributed by atoms with Crippen LogP contribution in [0.2, 0.25) is 0 Å². The molecular formula is C67H108N16O. The van der Waals surface area contributed by atoms with Crippen LogP contribution in [0, 0.1) is 20.8 Å². The summed E-state index contributed by atoms with van der Waals surface area (Å²) in [5.74, 6) is 3.09. The number of rotatable bonds is 6. The van der Waals surface area contributed by atoms with E-state index < -0.39 is 0 Å². The first-order valence-corrected chi connectivity index (χ1v) is 31.8. The van der Waals surface area contributed by atoms with Crippen molar-refractivity contribution in [3.63, 3.8) is 0 Å². The lowest BCUT2D eigenvalue weighted by molar-refractivity contribution is 0.122. The molecule has 0 amide bonds. The number of hydrogen-bond donors (Lipinski definition) is 1. The Balaban J connectivity index is 0.000000554. The second-order valence-electron chi connectivity index (χ2n) is 16.6. The molecule has 0 bridgehead atoms. The smallest absolute Gasteiger partial charge is 0.156 e. The van der Waals surface area contributed by atoms with Crippen LogP contribution >= 0.6 is 0 Å². The lowest BCUT2D eigenvalue weighted by Crippen LogP contribution is -2.43. The number of piperazine rings is 1. The Morgan fingerprint density at radius 3 is 0.976 bits per heavy atom. The highest BCUT2D eigenvalue weighted by Crippen LogP contribution is 2.28. The first-order chi connectivity index (χ1) is 41.5. The number of piperidine rings is 1. The molecule has 84 heavy (non-hydrogen) atoms. The molecule has 12 heterocycles. The summed E-state index contributed by atoms with van der Waals surface area (Å²) in [5, 5.41) is 3.37. The largest absolute Gasteiger partial charge is 0.378 e. The number of imidazole rings is 3. The Kier molecular flexibility index (Phi) is 39.3. The molecule has 17 heteroatoms. The lowest BCUT2D eigenvalue weighted by Gasteiger charge is -2.28. The second kappa shape index (κ2) is 44.2. The van der Waals surface area contributed by atoms with Crippen LogP contribution in [0.4, 0.5) is 17.5 Å². The summed E-state index contributed by atoms with van der Waals surface area (Å²) in [6.45, 7) is 51.5. The molecule has 3 fully saturated rings. The highest BCUT2D eigenvalue weighted by molar-refractivity contribution is 5.67. The van der Waals surface area contributed by atoms with Gasteiger partial charge in [-0.3, -0.25) is 28.2 Å². The van der Waals surface area contributed by atoms with E-state index in [0.29, 0.717) is 0 Å². The molecule has 0 atom stereocenters. The third-order valence-electron chi connectivity index (χ3n) is 12.2. The molecule has 0 unspecified atom stereocenters. The molecule has 0 aromatic carbocycles. The summed E-state index contributed by atoms with van der Waals surface area (Å²) < 4.78 is 11.6. The van der Waals surface area contributed by atoms with Crippen molar-refractivity contribution in [2.45, 2.75) is 165 Å². The van der Waals surface area contributed by atoms with Crippen molar-refractivity contribution in [2.24, 2.45) is 0 Å². The zero-order valence-corrected chi connectivity index (χ0v) is 55.7. The van der Waals surface area contributed by atoms with E-state index in [1.54, 1.807) is 37.2 Å². The molecule has 1 N–H and O–H groups in total. The van der Waals surface area contributed by atoms with Gasteiger partial charge in [-0.2, -0.15) is 0 Å². The molecule has 3 saturated heterocycles. The van der Waals surface area contributed by atoms with Crippen molar-refractivity contribution in [3.05, 3.63) is 127 Å². The zero-order valence-electron chi connectivity index (χ0n) is 55.7. The molecule has 0 aliphatic carbocycles. The Labute approximate surface area is 506 Å². The van der Waals surface area contributed by atoms with Gasteiger partial charge < -0.3 is 24.8 Å². The number of aryl methyl sites for hydroxylation is 3. The van der Waals surface area contributed by atoms with Gasteiger partial charge in [-0.05, 0) is 76.4 Å². The van der Waals surface area contributed by atoms with E-state index in [-0.39, 0.29) is 0 Å². The van der Waals surface area contributed by atoms with Gasteiger partial charge in [0.2, 0.25) is 0 Å². The molecule has 0 spiro atoms. The van der Waals surface area contributed by atoms with Crippen molar-refractivity contribution < 1.29 is 4.74 Å². The maximum absolute atomic E-state index is 5.41. The third-order valence-corrected chi connectivity index (χ3v) is 12.2. The summed E-state index contributed by atoms with van der Waals surface area (Å²) in [4.78, 5) is 47.7. The minimum Gasteiger partial charge on any atom is -0.378 e. The predicted molar refractivity (Wildman–Crippen MR) is 359 cm³/mol. The highest BCUT2D eigenvalue weighted by atomic mass is 16.5. The van der Waals surface area contributed by atoms with Crippen LogP contribution < -0.4 is 20.0 Å². The van der Waals surface area contributed by atoms with Gasteiger partial charge in [0.25, 0.3) is 0 Å².